The van der Waals surface area contributed by atoms with Crippen LogP contribution in [0.3, 0.4) is 0 Å². The maximum Gasteiger partial charge on any atom is 0.341 e. The number of ether oxygens (including phenoxy) is 1. The van der Waals surface area contributed by atoms with Gasteiger partial charge in [0.1, 0.15) is 11.3 Å². The van der Waals surface area contributed by atoms with Gasteiger partial charge in [0, 0.05) is 6.42 Å². The lowest BCUT2D eigenvalue weighted by Gasteiger charge is -2.10. The molecule has 0 aromatic heterocycles. The van der Waals surface area contributed by atoms with Crippen molar-refractivity contribution in [3.8, 4) is 5.75 Å². The number of esters is 1. The first kappa shape index (κ1) is 27.0. The standard InChI is InChI=1S/C30H44O3/c1-2-3-4-5-6-7-8-9-10-11-12-13-14-18-24-33-30(32)28-23-19-22-27(29(28)31)25-26-20-16-15-17-21-26/h15-17,19-23,31H,2-14,18,24-25H2,1H3. The lowest BCUT2D eigenvalue weighted by molar-refractivity contribution is 0.0494. The summed E-state index contributed by atoms with van der Waals surface area (Å²) in [7, 11) is 0. The van der Waals surface area contributed by atoms with Crippen LogP contribution in [0.5, 0.6) is 5.75 Å². The SMILES string of the molecule is CCCCCCCCCCCCCCCCOC(=O)c1cccc(Cc2ccccc2)c1O. The van der Waals surface area contributed by atoms with Crippen molar-refractivity contribution >= 4 is 5.97 Å². The predicted octanol–water partition coefficient (Wildman–Crippen LogP) is 8.62. The highest BCUT2D eigenvalue weighted by Crippen LogP contribution is 2.26. The van der Waals surface area contributed by atoms with Crippen molar-refractivity contribution < 1.29 is 14.6 Å². The molecule has 1 N–H and O–H groups in total. The zero-order valence-electron chi connectivity index (χ0n) is 20.7. The lowest BCUT2D eigenvalue weighted by atomic mass is 10.0. The van der Waals surface area contributed by atoms with Crippen LogP contribution in [0.15, 0.2) is 48.5 Å². The van der Waals surface area contributed by atoms with Crippen molar-refractivity contribution in [1.29, 1.82) is 0 Å². The summed E-state index contributed by atoms with van der Waals surface area (Å²) >= 11 is 0. The second-order valence-corrected chi connectivity index (χ2v) is 9.21. The van der Waals surface area contributed by atoms with Crippen LogP contribution in [0.4, 0.5) is 0 Å². The van der Waals surface area contributed by atoms with Crippen molar-refractivity contribution in [2.24, 2.45) is 0 Å². The van der Waals surface area contributed by atoms with E-state index in [1.807, 2.05) is 36.4 Å². The minimum Gasteiger partial charge on any atom is -0.507 e. The van der Waals surface area contributed by atoms with Gasteiger partial charge in [-0.1, -0.05) is 133 Å². The zero-order chi connectivity index (χ0) is 23.6. The maximum atomic E-state index is 12.4. The molecule has 2 aromatic rings. The van der Waals surface area contributed by atoms with Gasteiger partial charge in [-0.2, -0.15) is 0 Å². The number of para-hydroxylation sites is 1. The first-order valence-corrected chi connectivity index (χ1v) is 13.2. The molecule has 0 aliphatic heterocycles. The molecule has 0 radical (unpaired) electrons. The van der Waals surface area contributed by atoms with E-state index in [2.05, 4.69) is 6.92 Å². The van der Waals surface area contributed by atoms with Gasteiger partial charge in [-0.15, -0.1) is 0 Å². The summed E-state index contributed by atoms with van der Waals surface area (Å²) in [5.74, 6) is -0.399. The quantitative estimate of drug-likeness (QED) is 0.182. The molecule has 33 heavy (non-hydrogen) atoms. The van der Waals surface area contributed by atoms with Crippen LogP contribution in [0.1, 0.15) is 118 Å². The van der Waals surface area contributed by atoms with E-state index >= 15 is 0 Å². The third-order valence-electron chi connectivity index (χ3n) is 6.31. The Morgan fingerprint density at radius 1 is 0.697 bits per heavy atom. The Balaban J connectivity index is 1.51. The van der Waals surface area contributed by atoms with Gasteiger partial charge in [-0.3, -0.25) is 0 Å². The van der Waals surface area contributed by atoms with E-state index in [9.17, 15) is 9.90 Å². The smallest absolute Gasteiger partial charge is 0.341 e. The molecule has 0 aliphatic carbocycles. The van der Waals surface area contributed by atoms with E-state index in [-0.39, 0.29) is 11.3 Å². The predicted molar refractivity (Wildman–Crippen MR) is 138 cm³/mol. The average molecular weight is 453 g/mol. The van der Waals surface area contributed by atoms with Crippen LogP contribution < -0.4 is 0 Å². The van der Waals surface area contributed by atoms with Crippen LogP contribution in [0.25, 0.3) is 0 Å². The van der Waals surface area contributed by atoms with Crippen LogP contribution in [0.2, 0.25) is 0 Å². The fourth-order valence-corrected chi connectivity index (χ4v) is 4.25. The number of phenols is 1. The highest BCUT2D eigenvalue weighted by atomic mass is 16.5. The Morgan fingerprint density at radius 2 is 1.24 bits per heavy atom. The van der Waals surface area contributed by atoms with E-state index in [0.717, 1.165) is 24.0 Å². The molecule has 0 unspecified atom stereocenters. The highest BCUT2D eigenvalue weighted by Gasteiger charge is 2.15. The summed E-state index contributed by atoms with van der Waals surface area (Å²) in [5, 5.41) is 10.5. The van der Waals surface area contributed by atoms with Gasteiger partial charge in [-0.05, 0) is 23.6 Å². The monoisotopic (exact) mass is 452 g/mol. The number of hydrogen-bond donors (Lipinski definition) is 1. The van der Waals surface area contributed by atoms with Gasteiger partial charge < -0.3 is 9.84 Å². The van der Waals surface area contributed by atoms with E-state index in [1.54, 1.807) is 12.1 Å². The van der Waals surface area contributed by atoms with Gasteiger partial charge in [0.15, 0.2) is 0 Å². The Kier molecular flexibility index (Phi) is 14.1. The van der Waals surface area contributed by atoms with E-state index in [0.29, 0.717) is 13.0 Å². The Bertz CT molecular complexity index is 769. The molecule has 0 saturated heterocycles. The number of unbranched alkanes of at least 4 members (excludes halogenated alkanes) is 13. The number of aromatic hydroxyl groups is 1. The van der Waals surface area contributed by atoms with Crippen LogP contribution in [0, 0.1) is 0 Å². The van der Waals surface area contributed by atoms with Crippen molar-refractivity contribution in [3.05, 3.63) is 65.2 Å². The van der Waals surface area contributed by atoms with Crippen LogP contribution in [-0.4, -0.2) is 17.7 Å². The number of carbonyl (C=O) groups is 1. The molecular formula is C30H44O3. The number of carbonyl (C=O) groups excluding carboxylic acids is 1. The largest absolute Gasteiger partial charge is 0.507 e. The molecule has 0 aliphatic rings. The topological polar surface area (TPSA) is 46.5 Å². The first-order valence-electron chi connectivity index (χ1n) is 13.2. The molecule has 0 atom stereocenters. The summed E-state index contributed by atoms with van der Waals surface area (Å²) in [6.07, 6.45) is 18.8. The minimum absolute atomic E-state index is 0.0345. The fraction of sp³-hybridized carbons (Fsp3) is 0.567. The van der Waals surface area contributed by atoms with E-state index < -0.39 is 5.97 Å². The third kappa shape index (κ3) is 11.4. The van der Waals surface area contributed by atoms with Gasteiger partial charge in [0.2, 0.25) is 0 Å². The molecule has 182 valence electrons. The Hall–Kier alpha value is -2.29. The summed E-state index contributed by atoms with van der Waals surface area (Å²) in [5.41, 5.74) is 2.10. The molecule has 2 rings (SSSR count). The molecular weight excluding hydrogens is 408 g/mol. The zero-order valence-corrected chi connectivity index (χ0v) is 20.7. The molecule has 2 aromatic carbocycles. The summed E-state index contributed by atoms with van der Waals surface area (Å²) in [6, 6.07) is 15.2. The van der Waals surface area contributed by atoms with Crippen LogP contribution >= 0.6 is 0 Å². The Morgan fingerprint density at radius 3 is 1.82 bits per heavy atom. The molecule has 3 nitrogen and oxygen atoms in total. The van der Waals surface area contributed by atoms with Crippen molar-refractivity contribution in [1.82, 2.24) is 0 Å². The molecule has 0 spiro atoms. The van der Waals surface area contributed by atoms with Crippen LogP contribution in [-0.2, 0) is 11.2 Å². The summed E-state index contributed by atoms with van der Waals surface area (Å²) in [6.45, 7) is 2.69. The number of phenolic OH excluding ortho intramolecular Hbond substituents is 1. The minimum atomic E-state index is -0.433. The maximum absolute atomic E-state index is 12.4. The molecule has 0 amide bonds. The van der Waals surface area contributed by atoms with Crippen molar-refractivity contribution in [3.63, 3.8) is 0 Å². The Labute approximate surface area is 201 Å². The number of hydrogen-bond acceptors (Lipinski definition) is 3. The molecule has 0 fully saturated rings. The first-order chi connectivity index (χ1) is 16.2. The van der Waals surface area contributed by atoms with E-state index in [4.69, 9.17) is 4.74 Å². The van der Waals surface area contributed by atoms with E-state index in [1.165, 1.54) is 77.0 Å². The van der Waals surface area contributed by atoms with Gasteiger partial charge in [0.05, 0.1) is 6.61 Å². The average Bonchev–Trinajstić information content (AvgIpc) is 2.83. The lowest BCUT2D eigenvalue weighted by Crippen LogP contribution is -2.07. The normalized spacial score (nSPS) is 10.9. The van der Waals surface area contributed by atoms with Gasteiger partial charge >= 0.3 is 5.97 Å². The third-order valence-corrected chi connectivity index (χ3v) is 6.31. The second kappa shape index (κ2) is 17.2. The molecule has 0 bridgehead atoms. The fourth-order valence-electron chi connectivity index (χ4n) is 4.25. The van der Waals surface area contributed by atoms with Gasteiger partial charge in [-0.25, -0.2) is 4.79 Å². The molecule has 3 heteroatoms. The highest BCUT2D eigenvalue weighted by molar-refractivity contribution is 5.92. The summed E-state index contributed by atoms with van der Waals surface area (Å²) in [4.78, 5) is 12.4. The van der Waals surface area contributed by atoms with Crippen molar-refractivity contribution in [2.75, 3.05) is 6.61 Å². The van der Waals surface area contributed by atoms with Crippen molar-refractivity contribution in [2.45, 2.75) is 103 Å². The van der Waals surface area contributed by atoms with Gasteiger partial charge in [0.25, 0.3) is 0 Å². The summed E-state index contributed by atoms with van der Waals surface area (Å²) < 4.78 is 5.42. The molecule has 0 heterocycles. The number of benzene rings is 2. The molecule has 0 saturated carbocycles. The second-order valence-electron chi connectivity index (χ2n) is 9.21. The number of rotatable bonds is 18.